The Labute approximate surface area is 133 Å². The highest BCUT2D eigenvalue weighted by Gasteiger charge is 2.26. The summed E-state index contributed by atoms with van der Waals surface area (Å²) in [6.07, 6.45) is 1.26. The van der Waals surface area contributed by atoms with Crippen molar-refractivity contribution in [1.29, 1.82) is 0 Å². The molecule has 0 unspecified atom stereocenters. The fraction of sp³-hybridized carbons (Fsp3) is 0. The van der Waals surface area contributed by atoms with Crippen molar-refractivity contribution in [3.8, 4) is 0 Å². The molecule has 7 nitrogen and oxygen atoms in total. The number of anilines is 1. The van der Waals surface area contributed by atoms with Crippen LogP contribution in [-0.2, 0) is 10.0 Å². The molecule has 1 aromatic carbocycles. The average molecular weight is 393 g/mol. The standard InChI is InChI=1S/C11H7BrClN3O4S/c12-7-1-3-9(16(17)18)10(5-7)21(19,20)15-11-4-2-8(13)6-14-11/h1-6H,(H,14,15). The van der Waals surface area contributed by atoms with Crippen molar-refractivity contribution in [2.75, 3.05) is 4.72 Å². The zero-order chi connectivity index (χ0) is 15.6. The molecular formula is C11H7BrClN3O4S. The summed E-state index contributed by atoms with van der Waals surface area (Å²) in [5, 5.41) is 11.3. The van der Waals surface area contributed by atoms with Crippen LogP contribution in [0.4, 0.5) is 11.5 Å². The van der Waals surface area contributed by atoms with Gasteiger partial charge in [0, 0.05) is 16.7 Å². The van der Waals surface area contributed by atoms with Gasteiger partial charge >= 0.3 is 0 Å². The summed E-state index contributed by atoms with van der Waals surface area (Å²) in [5.41, 5.74) is -0.528. The van der Waals surface area contributed by atoms with Crippen LogP contribution in [0.2, 0.25) is 5.02 Å². The number of hydrogen-bond acceptors (Lipinski definition) is 5. The minimum absolute atomic E-state index is 0.00803. The van der Waals surface area contributed by atoms with E-state index in [-0.39, 0.29) is 5.82 Å². The maximum atomic E-state index is 12.3. The summed E-state index contributed by atoms with van der Waals surface area (Å²) in [7, 11) is -4.15. The monoisotopic (exact) mass is 391 g/mol. The van der Waals surface area contributed by atoms with Gasteiger partial charge in [-0.2, -0.15) is 0 Å². The predicted octanol–water partition coefficient (Wildman–Crippen LogP) is 3.21. The highest BCUT2D eigenvalue weighted by Crippen LogP contribution is 2.28. The largest absolute Gasteiger partial charge is 0.289 e. The Morgan fingerprint density at radius 3 is 2.57 bits per heavy atom. The summed E-state index contributed by atoms with van der Waals surface area (Å²) in [6, 6.07) is 6.44. The van der Waals surface area contributed by atoms with Gasteiger partial charge in [-0.1, -0.05) is 27.5 Å². The van der Waals surface area contributed by atoms with Crippen molar-refractivity contribution < 1.29 is 13.3 Å². The maximum Gasteiger partial charge on any atom is 0.289 e. The number of rotatable bonds is 4. The average Bonchev–Trinajstić information content (AvgIpc) is 2.41. The third-order valence-electron chi connectivity index (χ3n) is 2.37. The molecule has 0 aliphatic rings. The van der Waals surface area contributed by atoms with Crippen molar-refractivity contribution in [2.45, 2.75) is 4.90 Å². The van der Waals surface area contributed by atoms with E-state index in [0.717, 1.165) is 12.1 Å². The van der Waals surface area contributed by atoms with Crippen molar-refractivity contribution in [3.05, 3.63) is 56.1 Å². The topological polar surface area (TPSA) is 102 Å². The molecule has 0 saturated carbocycles. The summed E-state index contributed by atoms with van der Waals surface area (Å²) in [5.74, 6) is 0.00803. The Balaban J connectivity index is 2.46. The molecule has 0 amide bonds. The van der Waals surface area contributed by atoms with Crippen LogP contribution in [0, 0.1) is 10.1 Å². The highest BCUT2D eigenvalue weighted by atomic mass is 79.9. The minimum Gasteiger partial charge on any atom is -0.263 e. The zero-order valence-corrected chi connectivity index (χ0v) is 13.3. The number of nitro groups is 1. The molecule has 0 aliphatic carbocycles. The fourth-order valence-electron chi connectivity index (χ4n) is 1.48. The summed E-state index contributed by atoms with van der Waals surface area (Å²) in [4.78, 5) is 13.5. The molecule has 2 rings (SSSR count). The quantitative estimate of drug-likeness (QED) is 0.636. The van der Waals surface area contributed by atoms with Gasteiger partial charge in [0.1, 0.15) is 5.82 Å². The molecule has 0 spiro atoms. The first-order chi connectivity index (χ1) is 9.79. The van der Waals surface area contributed by atoms with E-state index in [4.69, 9.17) is 11.6 Å². The number of nitrogens with zero attached hydrogens (tertiary/aromatic N) is 2. The zero-order valence-electron chi connectivity index (χ0n) is 10.2. The van der Waals surface area contributed by atoms with E-state index >= 15 is 0 Å². The van der Waals surface area contributed by atoms with Crippen molar-refractivity contribution in [2.24, 2.45) is 0 Å². The lowest BCUT2D eigenvalue weighted by molar-refractivity contribution is -0.387. The molecule has 2 aromatic rings. The lowest BCUT2D eigenvalue weighted by Crippen LogP contribution is -2.15. The van der Waals surface area contributed by atoms with E-state index < -0.39 is 25.5 Å². The molecule has 21 heavy (non-hydrogen) atoms. The van der Waals surface area contributed by atoms with Crippen LogP contribution in [0.5, 0.6) is 0 Å². The van der Waals surface area contributed by atoms with Gasteiger partial charge in [-0.05, 0) is 24.3 Å². The van der Waals surface area contributed by atoms with Crippen LogP contribution < -0.4 is 4.72 Å². The van der Waals surface area contributed by atoms with Gasteiger partial charge in [-0.25, -0.2) is 13.4 Å². The first-order valence-corrected chi connectivity index (χ1v) is 8.03. The molecule has 0 aliphatic heterocycles. The molecule has 0 atom stereocenters. The van der Waals surface area contributed by atoms with Gasteiger partial charge in [0.05, 0.1) is 9.95 Å². The number of benzene rings is 1. The van der Waals surface area contributed by atoms with E-state index in [1.54, 1.807) is 0 Å². The third kappa shape index (κ3) is 3.69. The fourth-order valence-corrected chi connectivity index (χ4v) is 3.31. The summed E-state index contributed by atoms with van der Waals surface area (Å²) >= 11 is 8.74. The predicted molar refractivity (Wildman–Crippen MR) is 80.9 cm³/mol. The maximum absolute atomic E-state index is 12.3. The van der Waals surface area contributed by atoms with E-state index in [1.165, 1.54) is 24.4 Å². The second-order valence-electron chi connectivity index (χ2n) is 3.84. The lowest BCUT2D eigenvalue weighted by atomic mass is 10.3. The molecule has 0 saturated heterocycles. The normalized spacial score (nSPS) is 11.1. The van der Waals surface area contributed by atoms with Crippen LogP contribution in [0.3, 0.4) is 0 Å². The van der Waals surface area contributed by atoms with E-state index in [0.29, 0.717) is 9.50 Å². The molecule has 0 radical (unpaired) electrons. The van der Waals surface area contributed by atoms with Crippen molar-refractivity contribution in [1.82, 2.24) is 4.98 Å². The third-order valence-corrected chi connectivity index (χ3v) is 4.48. The van der Waals surface area contributed by atoms with Gasteiger partial charge in [0.25, 0.3) is 15.7 Å². The second-order valence-corrected chi connectivity index (χ2v) is 6.84. The van der Waals surface area contributed by atoms with E-state index in [2.05, 4.69) is 25.6 Å². The van der Waals surface area contributed by atoms with Crippen LogP contribution >= 0.6 is 27.5 Å². The number of hydrogen-bond donors (Lipinski definition) is 1. The molecular weight excluding hydrogens is 386 g/mol. The minimum atomic E-state index is -4.15. The van der Waals surface area contributed by atoms with Gasteiger partial charge in [0.2, 0.25) is 0 Å². The number of nitrogens with one attached hydrogen (secondary N) is 1. The van der Waals surface area contributed by atoms with Gasteiger partial charge in [0.15, 0.2) is 4.90 Å². The SMILES string of the molecule is O=[N+]([O-])c1ccc(Br)cc1S(=O)(=O)Nc1ccc(Cl)cn1. The summed E-state index contributed by atoms with van der Waals surface area (Å²) < 4.78 is 27.1. The lowest BCUT2D eigenvalue weighted by Gasteiger charge is -2.08. The Hall–Kier alpha value is -1.71. The Morgan fingerprint density at radius 1 is 1.29 bits per heavy atom. The molecule has 110 valence electrons. The van der Waals surface area contributed by atoms with Crippen LogP contribution in [0.25, 0.3) is 0 Å². The second kappa shape index (κ2) is 5.96. The molecule has 1 heterocycles. The number of halogens is 2. The highest BCUT2D eigenvalue weighted by molar-refractivity contribution is 9.10. The molecule has 0 fully saturated rings. The van der Waals surface area contributed by atoms with Gasteiger partial charge in [-0.3, -0.25) is 14.8 Å². The molecule has 1 aromatic heterocycles. The first-order valence-electron chi connectivity index (χ1n) is 5.38. The number of aromatic nitrogens is 1. The van der Waals surface area contributed by atoms with Gasteiger partial charge < -0.3 is 0 Å². The Morgan fingerprint density at radius 2 is 2.00 bits per heavy atom. The van der Waals surface area contributed by atoms with Crippen LogP contribution in [-0.4, -0.2) is 18.3 Å². The van der Waals surface area contributed by atoms with Crippen LogP contribution in [0.15, 0.2) is 45.9 Å². The Bertz CT molecular complexity index is 796. The first kappa shape index (κ1) is 15.7. The molecule has 1 N–H and O–H groups in total. The van der Waals surface area contributed by atoms with E-state index in [1.807, 2.05) is 0 Å². The summed E-state index contributed by atoms with van der Waals surface area (Å²) in [6.45, 7) is 0. The van der Waals surface area contributed by atoms with Gasteiger partial charge in [-0.15, -0.1) is 0 Å². The smallest absolute Gasteiger partial charge is 0.263 e. The van der Waals surface area contributed by atoms with Crippen molar-refractivity contribution >= 4 is 49.1 Å². The Kier molecular flexibility index (Phi) is 4.45. The number of pyridine rings is 1. The van der Waals surface area contributed by atoms with Crippen molar-refractivity contribution in [3.63, 3.8) is 0 Å². The molecule has 0 bridgehead atoms. The van der Waals surface area contributed by atoms with Crippen LogP contribution in [0.1, 0.15) is 0 Å². The van der Waals surface area contributed by atoms with E-state index in [9.17, 15) is 18.5 Å². The number of sulfonamides is 1. The number of nitro benzene ring substituents is 1. The molecule has 10 heteroatoms.